The van der Waals surface area contributed by atoms with Gasteiger partial charge in [0, 0.05) is 9.85 Å². The van der Waals surface area contributed by atoms with E-state index in [1.807, 2.05) is 0 Å². The number of piperidine rings is 1. The van der Waals surface area contributed by atoms with Gasteiger partial charge >= 0.3 is 0 Å². The minimum Gasteiger partial charge on any atom is -0.463 e. The van der Waals surface area contributed by atoms with Crippen molar-refractivity contribution in [3.8, 4) is 0 Å². The molecule has 0 spiro atoms. The number of rotatable bonds is 4. The molecule has 9 nitrogen and oxygen atoms in total. The molecule has 1 aliphatic heterocycles. The van der Waals surface area contributed by atoms with Gasteiger partial charge in [-0.2, -0.15) is 0 Å². The van der Waals surface area contributed by atoms with Gasteiger partial charge in [0.15, 0.2) is 11.5 Å². The maximum Gasteiger partial charge on any atom is 0.282 e. The summed E-state index contributed by atoms with van der Waals surface area (Å²) in [6.07, 6.45) is 2.88. The molecule has 0 radical (unpaired) electrons. The zero-order valence-electron chi connectivity index (χ0n) is 13.2. The fraction of sp³-hybridized carbons (Fsp3) is 0.467. The van der Waals surface area contributed by atoms with E-state index in [9.17, 15) is 20.2 Å². The zero-order chi connectivity index (χ0) is 17.5. The summed E-state index contributed by atoms with van der Waals surface area (Å²) in [5, 5.41) is 25.1. The lowest BCUT2D eigenvalue weighted by molar-refractivity contribution is -0.821. The Balaban J connectivity index is 2.12. The molecule has 3 heterocycles. The highest BCUT2D eigenvalue weighted by atomic mass is 16.6. The maximum atomic E-state index is 11.7. The molecule has 1 fully saturated rings. The summed E-state index contributed by atoms with van der Waals surface area (Å²) in [7, 11) is 0. The van der Waals surface area contributed by atoms with Crippen LogP contribution in [0.3, 0.4) is 0 Å². The molecule has 0 unspecified atom stereocenters. The minimum atomic E-state index is -1.21. The number of quaternary nitrogens is 1. The summed E-state index contributed by atoms with van der Waals surface area (Å²) in [6.45, 7) is 3.12. The van der Waals surface area contributed by atoms with Crippen LogP contribution in [0.15, 0.2) is 45.6 Å². The Kier molecular flexibility index (Phi) is 3.88. The van der Waals surface area contributed by atoms with Crippen LogP contribution < -0.4 is 5.32 Å². The van der Waals surface area contributed by atoms with Gasteiger partial charge in [-0.1, -0.05) is 0 Å². The summed E-state index contributed by atoms with van der Waals surface area (Å²) in [5.41, 5.74) is -1.21. The van der Waals surface area contributed by atoms with E-state index in [1.165, 1.54) is 12.5 Å². The van der Waals surface area contributed by atoms with E-state index in [4.69, 9.17) is 8.83 Å². The van der Waals surface area contributed by atoms with Gasteiger partial charge in [0.1, 0.15) is 5.41 Å². The lowest BCUT2D eigenvalue weighted by Gasteiger charge is -2.40. The molecule has 0 saturated carbocycles. The van der Waals surface area contributed by atoms with Gasteiger partial charge in [-0.3, -0.25) is 20.2 Å². The molecule has 1 saturated heterocycles. The van der Waals surface area contributed by atoms with Gasteiger partial charge in [0.25, 0.3) is 12.1 Å². The monoisotopic (exact) mass is 336 g/mol. The second-order valence-electron chi connectivity index (χ2n) is 6.56. The van der Waals surface area contributed by atoms with Crippen LogP contribution in [0.1, 0.15) is 37.5 Å². The van der Waals surface area contributed by atoms with E-state index in [1.54, 1.807) is 43.4 Å². The van der Waals surface area contributed by atoms with E-state index in [2.05, 4.69) is 0 Å². The van der Waals surface area contributed by atoms with Crippen LogP contribution in [-0.2, 0) is 0 Å². The van der Waals surface area contributed by atoms with Crippen molar-refractivity contribution in [2.75, 3.05) is 0 Å². The summed E-state index contributed by atoms with van der Waals surface area (Å²) < 4.78 is 10.7. The van der Waals surface area contributed by atoms with Crippen molar-refractivity contribution in [1.29, 1.82) is 0 Å². The number of nitrogens with zero attached hydrogens (tertiary/aromatic N) is 2. The molecular formula is C15H18N3O6+. The Bertz CT molecular complexity index is 664. The normalized spacial score (nSPS) is 29.2. The van der Waals surface area contributed by atoms with Crippen LogP contribution in [-0.4, -0.2) is 21.9 Å². The second kappa shape index (κ2) is 5.75. The molecule has 0 aliphatic carbocycles. The summed E-state index contributed by atoms with van der Waals surface area (Å²) >= 11 is 0. The number of hydrogen-bond acceptors (Lipinski definition) is 6. The molecule has 0 bridgehead atoms. The number of furan rings is 2. The Labute approximate surface area is 136 Å². The van der Waals surface area contributed by atoms with Crippen LogP contribution in [0.25, 0.3) is 0 Å². The van der Waals surface area contributed by atoms with Crippen molar-refractivity contribution >= 4 is 0 Å². The van der Waals surface area contributed by atoms with Gasteiger partial charge in [-0.25, -0.2) is 0 Å². The molecule has 2 aromatic heterocycles. The topological polar surface area (TPSA) is 129 Å². The predicted molar refractivity (Wildman–Crippen MR) is 80.2 cm³/mol. The molecule has 2 N–H and O–H groups in total. The van der Waals surface area contributed by atoms with Crippen molar-refractivity contribution in [2.45, 2.75) is 38.0 Å². The average molecular weight is 336 g/mol. The fourth-order valence-electron chi connectivity index (χ4n) is 3.80. The quantitative estimate of drug-likeness (QED) is 0.666. The lowest BCUT2D eigenvalue weighted by Crippen LogP contribution is -2.95. The second-order valence-corrected chi connectivity index (χ2v) is 6.56. The van der Waals surface area contributed by atoms with Crippen molar-refractivity contribution in [2.24, 2.45) is 5.41 Å². The van der Waals surface area contributed by atoms with Crippen LogP contribution in [0.2, 0.25) is 0 Å². The summed E-state index contributed by atoms with van der Waals surface area (Å²) in [5.74, 6) is 0.839. The van der Waals surface area contributed by atoms with Crippen LogP contribution in [0, 0.1) is 25.6 Å². The van der Waals surface area contributed by atoms with E-state index in [0.29, 0.717) is 11.5 Å². The van der Waals surface area contributed by atoms with Crippen LogP contribution in [0.4, 0.5) is 0 Å². The van der Waals surface area contributed by atoms with E-state index in [0.717, 1.165) is 0 Å². The van der Waals surface area contributed by atoms with Gasteiger partial charge in [-0.05, 0) is 38.1 Å². The first-order chi connectivity index (χ1) is 11.3. The molecule has 9 heteroatoms. The Morgan fingerprint density at radius 1 is 0.958 bits per heavy atom. The smallest absolute Gasteiger partial charge is 0.282 e. The number of nitro groups is 2. The van der Waals surface area contributed by atoms with Crippen molar-refractivity contribution < 1.29 is 24.0 Å². The standard InChI is InChI=1S/C15H17N3O6/c1-15(2)13(17(19)20)11(9-5-3-7-23-9)16-12(14(15)18(21)22)10-6-4-8-24-10/h3-8,11-14,16H,1-2H3/p+1/t11-,12-,13+,14+/m1/s1. The third-order valence-electron chi connectivity index (χ3n) is 4.82. The summed E-state index contributed by atoms with van der Waals surface area (Å²) in [4.78, 5) is 22.6. The van der Waals surface area contributed by atoms with Gasteiger partial charge in [0.2, 0.25) is 12.1 Å². The van der Waals surface area contributed by atoms with Crippen LogP contribution >= 0.6 is 0 Å². The predicted octanol–water partition coefficient (Wildman–Crippen LogP) is 1.55. The average Bonchev–Trinajstić information content (AvgIpc) is 3.17. The third kappa shape index (κ3) is 2.46. The molecule has 0 amide bonds. The van der Waals surface area contributed by atoms with E-state index < -0.39 is 39.4 Å². The van der Waals surface area contributed by atoms with Gasteiger partial charge in [-0.15, -0.1) is 0 Å². The first-order valence-corrected chi connectivity index (χ1v) is 7.53. The van der Waals surface area contributed by atoms with Crippen molar-refractivity contribution in [1.82, 2.24) is 0 Å². The highest BCUT2D eigenvalue weighted by Crippen LogP contribution is 2.43. The Hall–Kier alpha value is -2.68. The molecule has 2 aromatic rings. The molecule has 4 atom stereocenters. The summed E-state index contributed by atoms with van der Waals surface area (Å²) in [6, 6.07) is 2.88. The first-order valence-electron chi connectivity index (χ1n) is 7.53. The van der Waals surface area contributed by atoms with Crippen molar-refractivity contribution in [3.63, 3.8) is 0 Å². The Morgan fingerprint density at radius 3 is 1.67 bits per heavy atom. The fourth-order valence-corrected chi connectivity index (χ4v) is 3.80. The molecule has 1 aliphatic rings. The highest BCUT2D eigenvalue weighted by Gasteiger charge is 2.67. The molecule has 24 heavy (non-hydrogen) atoms. The zero-order valence-corrected chi connectivity index (χ0v) is 13.2. The van der Waals surface area contributed by atoms with Crippen molar-refractivity contribution in [3.05, 3.63) is 68.5 Å². The molecule has 0 aromatic carbocycles. The maximum absolute atomic E-state index is 11.7. The minimum absolute atomic E-state index is 0.420. The largest absolute Gasteiger partial charge is 0.463 e. The van der Waals surface area contributed by atoms with Gasteiger partial charge in [0.05, 0.1) is 12.5 Å². The number of nitrogens with two attached hydrogens (primary N) is 1. The van der Waals surface area contributed by atoms with Gasteiger partial charge < -0.3 is 14.2 Å². The molecule has 128 valence electrons. The molecule has 3 rings (SSSR count). The van der Waals surface area contributed by atoms with E-state index >= 15 is 0 Å². The van der Waals surface area contributed by atoms with E-state index in [-0.39, 0.29) is 0 Å². The Morgan fingerprint density at radius 2 is 1.38 bits per heavy atom. The third-order valence-corrected chi connectivity index (χ3v) is 4.82. The molecular weight excluding hydrogens is 318 g/mol. The first kappa shape index (κ1) is 16.2. The van der Waals surface area contributed by atoms with Crippen LogP contribution in [0.5, 0.6) is 0 Å². The highest BCUT2D eigenvalue weighted by molar-refractivity contribution is 5.13. The number of hydrogen-bond donors (Lipinski definition) is 1. The lowest BCUT2D eigenvalue weighted by atomic mass is 9.68. The SMILES string of the molecule is CC1(C)[C@@H]([N+](=O)[O-])[C@@H](c2ccco2)[NH2+][C@H](c2ccco2)[C@@H]1[N+](=O)[O-].